The summed E-state index contributed by atoms with van der Waals surface area (Å²) in [6, 6.07) is 13.0. The van der Waals surface area contributed by atoms with Gasteiger partial charge in [-0.3, -0.25) is 4.79 Å². The monoisotopic (exact) mass is 442 g/mol. The van der Waals surface area contributed by atoms with Gasteiger partial charge in [-0.15, -0.1) is 0 Å². The van der Waals surface area contributed by atoms with Crippen molar-refractivity contribution >= 4 is 34.7 Å². The minimum atomic E-state index is -0.293. The van der Waals surface area contributed by atoms with Crippen molar-refractivity contribution in [2.45, 2.75) is 38.8 Å². The van der Waals surface area contributed by atoms with Crippen LogP contribution < -0.4 is 20.1 Å². The van der Waals surface area contributed by atoms with Gasteiger partial charge in [-0.25, -0.2) is 0 Å². The molecular weight excluding hydrogens is 420 g/mol. The van der Waals surface area contributed by atoms with Gasteiger partial charge in [0.25, 0.3) is 0 Å². The van der Waals surface area contributed by atoms with Crippen LogP contribution in [0.3, 0.4) is 0 Å². The number of ether oxygens (including phenoxy) is 2. The fourth-order valence-corrected chi connectivity index (χ4v) is 4.25. The van der Waals surface area contributed by atoms with Crippen molar-refractivity contribution in [2.75, 3.05) is 6.61 Å². The van der Waals surface area contributed by atoms with Gasteiger partial charge in [0.15, 0.2) is 22.4 Å². The number of Topliss-reactive ketones (excluding diaryl/α,β-unsaturated/α-hetero) is 1. The van der Waals surface area contributed by atoms with Crippen LogP contribution in [0.25, 0.3) is 0 Å². The molecule has 0 saturated carbocycles. The summed E-state index contributed by atoms with van der Waals surface area (Å²) in [6.07, 6.45) is 2.23. The van der Waals surface area contributed by atoms with E-state index in [9.17, 15) is 4.79 Å². The summed E-state index contributed by atoms with van der Waals surface area (Å²) in [5, 5.41) is 7.59. The molecule has 0 bridgehead atoms. The van der Waals surface area contributed by atoms with E-state index >= 15 is 0 Å². The lowest BCUT2D eigenvalue weighted by molar-refractivity contribution is -0.116. The first-order chi connectivity index (χ1) is 14.6. The second kappa shape index (κ2) is 9.06. The van der Waals surface area contributed by atoms with E-state index in [4.69, 9.17) is 33.3 Å². The average molecular weight is 443 g/mol. The molecule has 1 unspecified atom stereocenters. The van der Waals surface area contributed by atoms with Crippen molar-refractivity contribution in [3.63, 3.8) is 0 Å². The Labute approximate surface area is 186 Å². The van der Waals surface area contributed by atoms with Gasteiger partial charge in [0, 0.05) is 28.3 Å². The normalized spacial score (nSPS) is 18.4. The van der Waals surface area contributed by atoms with Crippen molar-refractivity contribution in [1.29, 1.82) is 0 Å². The minimum absolute atomic E-state index is 0.153. The molecule has 2 aliphatic rings. The first kappa shape index (κ1) is 20.7. The number of allylic oxidation sites excluding steroid dienone is 1. The van der Waals surface area contributed by atoms with Crippen molar-refractivity contribution < 1.29 is 14.3 Å². The molecule has 0 radical (unpaired) electrons. The van der Waals surface area contributed by atoms with E-state index in [0.717, 1.165) is 35.2 Å². The van der Waals surface area contributed by atoms with Crippen LogP contribution in [0, 0.1) is 0 Å². The second-order valence-corrected chi connectivity index (χ2v) is 8.04. The Morgan fingerprint density at radius 3 is 2.77 bits per heavy atom. The Balaban J connectivity index is 1.63. The Morgan fingerprint density at radius 1 is 1.13 bits per heavy atom. The van der Waals surface area contributed by atoms with Gasteiger partial charge in [0.1, 0.15) is 6.61 Å². The Hall–Kier alpha value is -2.57. The molecule has 7 heteroatoms. The molecule has 1 heterocycles. The molecule has 0 aromatic heterocycles. The molecule has 2 N–H and O–H groups in total. The average Bonchev–Trinajstić information content (AvgIpc) is 2.73. The van der Waals surface area contributed by atoms with Crippen molar-refractivity contribution in [3.05, 3.63) is 69.9 Å². The lowest BCUT2D eigenvalue weighted by Crippen LogP contribution is -2.46. The number of halogens is 1. The minimum Gasteiger partial charge on any atom is -0.490 e. The lowest BCUT2D eigenvalue weighted by atomic mass is 9.85. The molecule has 1 atom stereocenters. The summed E-state index contributed by atoms with van der Waals surface area (Å²) in [5.41, 5.74) is 3.51. The van der Waals surface area contributed by atoms with Gasteiger partial charge in [-0.2, -0.15) is 0 Å². The predicted molar refractivity (Wildman–Crippen MR) is 121 cm³/mol. The third-order valence-electron chi connectivity index (χ3n) is 5.23. The summed E-state index contributed by atoms with van der Waals surface area (Å²) in [7, 11) is 0. The summed E-state index contributed by atoms with van der Waals surface area (Å²) in [4.78, 5) is 12.6. The number of carbonyl (C=O) groups excluding carboxylic acids is 1. The summed E-state index contributed by atoms with van der Waals surface area (Å²) in [5.74, 6) is 1.40. The molecule has 4 rings (SSSR count). The van der Waals surface area contributed by atoms with E-state index in [1.165, 1.54) is 0 Å². The molecule has 156 valence electrons. The molecule has 0 amide bonds. The highest BCUT2D eigenvalue weighted by molar-refractivity contribution is 7.80. The quantitative estimate of drug-likeness (QED) is 0.624. The number of thiocarbonyl (C=S) groups is 1. The number of carbonyl (C=O) groups is 1. The predicted octanol–water partition coefficient (Wildman–Crippen LogP) is 4.84. The zero-order chi connectivity index (χ0) is 21.1. The number of rotatable bonds is 6. The maximum atomic E-state index is 12.6. The van der Waals surface area contributed by atoms with Crippen LogP contribution in [0.4, 0.5) is 0 Å². The van der Waals surface area contributed by atoms with E-state index in [1.54, 1.807) is 0 Å². The third-order valence-corrected chi connectivity index (χ3v) is 5.82. The van der Waals surface area contributed by atoms with Crippen LogP contribution >= 0.6 is 23.8 Å². The van der Waals surface area contributed by atoms with Gasteiger partial charge < -0.3 is 20.1 Å². The number of ketones is 1. The fourth-order valence-electron chi connectivity index (χ4n) is 3.82. The molecule has 1 aliphatic heterocycles. The first-order valence-electron chi connectivity index (χ1n) is 10.0. The smallest absolute Gasteiger partial charge is 0.171 e. The standard InChI is InChI=1S/C23H23ClN2O3S/c1-2-28-20-12-14(10-11-19(20)29-13-15-6-3-4-7-16(15)24)22-21-17(25-23(30)26-22)8-5-9-18(21)27/h3-4,6-7,10-12,22H,2,5,8-9,13H2,1H3,(H2,25,26,30). The fraction of sp³-hybridized carbons (Fsp3) is 0.304. The largest absolute Gasteiger partial charge is 0.490 e. The number of benzene rings is 2. The molecule has 0 fully saturated rings. The molecule has 30 heavy (non-hydrogen) atoms. The van der Waals surface area contributed by atoms with Crippen molar-refractivity contribution in [3.8, 4) is 11.5 Å². The highest BCUT2D eigenvalue weighted by Gasteiger charge is 2.33. The van der Waals surface area contributed by atoms with E-state index in [-0.39, 0.29) is 11.8 Å². The SMILES string of the molecule is CCOc1cc(C2NC(=S)NC3=C2C(=O)CCC3)ccc1OCc1ccccc1Cl. The molecular formula is C23H23ClN2O3S. The molecule has 5 nitrogen and oxygen atoms in total. The zero-order valence-electron chi connectivity index (χ0n) is 16.7. The molecule has 0 saturated heterocycles. The zero-order valence-corrected chi connectivity index (χ0v) is 18.2. The van der Waals surface area contributed by atoms with Crippen LogP contribution in [0.15, 0.2) is 53.7 Å². The van der Waals surface area contributed by atoms with Crippen molar-refractivity contribution in [2.24, 2.45) is 0 Å². The number of hydrogen-bond acceptors (Lipinski definition) is 4. The van der Waals surface area contributed by atoms with Crippen molar-refractivity contribution in [1.82, 2.24) is 10.6 Å². The molecule has 2 aromatic carbocycles. The van der Waals surface area contributed by atoms with E-state index in [1.807, 2.05) is 49.4 Å². The van der Waals surface area contributed by atoms with Gasteiger partial charge in [0.05, 0.1) is 12.6 Å². The Kier molecular flexibility index (Phi) is 6.25. The highest BCUT2D eigenvalue weighted by Crippen LogP contribution is 2.37. The van der Waals surface area contributed by atoms with Crippen LogP contribution in [-0.4, -0.2) is 17.5 Å². The summed E-state index contributed by atoms with van der Waals surface area (Å²) >= 11 is 11.6. The maximum absolute atomic E-state index is 12.6. The Bertz CT molecular complexity index is 1020. The van der Waals surface area contributed by atoms with Gasteiger partial charge >= 0.3 is 0 Å². The van der Waals surface area contributed by atoms with E-state index in [0.29, 0.717) is 41.3 Å². The molecule has 2 aromatic rings. The van der Waals surface area contributed by atoms with Crippen LogP contribution in [0.1, 0.15) is 43.4 Å². The number of nitrogens with one attached hydrogen (secondary N) is 2. The molecule has 0 spiro atoms. The number of hydrogen-bond donors (Lipinski definition) is 2. The Morgan fingerprint density at radius 2 is 1.97 bits per heavy atom. The van der Waals surface area contributed by atoms with E-state index < -0.39 is 0 Å². The summed E-state index contributed by atoms with van der Waals surface area (Å²) in [6.45, 7) is 2.76. The van der Waals surface area contributed by atoms with Gasteiger partial charge in [-0.05, 0) is 55.7 Å². The lowest BCUT2D eigenvalue weighted by Gasteiger charge is -2.34. The molecule has 1 aliphatic carbocycles. The van der Waals surface area contributed by atoms with Crippen LogP contribution in [-0.2, 0) is 11.4 Å². The third kappa shape index (κ3) is 4.30. The first-order valence-corrected chi connectivity index (χ1v) is 10.8. The second-order valence-electron chi connectivity index (χ2n) is 7.22. The van der Waals surface area contributed by atoms with Crippen LogP contribution in [0.2, 0.25) is 5.02 Å². The topological polar surface area (TPSA) is 59.6 Å². The van der Waals surface area contributed by atoms with Gasteiger partial charge in [0.2, 0.25) is 0 Å². The summed E-state index contributed by atoms with van der Waals surface area (Å²) < 4.78 is 11.8. The van der Waals surface area contributed by atoms with Crippen LogP contribution in [0.5, 0.6) is 11.5 Å². The highest BCUT2D eigenvalue weighted by atomic mass is 35.5. The van der Waals surface area contributed by atoms with E-state index in [2.05, 4.69) is 10.6 Å². The maximum Gasteiger partial charge on any atom is 0.171 e. The van der Waals surface area contributed by atoms with Gasteiger partial charge in [-0.1, -0.05) is 35.9 Å².